The summed E-state index contributed by atoms with van der Waals surface area (Å²) in [4.78, 5) is 15.7. The average molecular weight is 234 g/mol. The van der Waals surface area contributed by atoms with Gasteiger partial charge in [-0.25, -0.2) is 0 Å². The van der Waals surface area contributed by atoms with Crippen molar-refractivity contribution < 1.29 is 9.90 Å². The molecule has 1 aromatic rings. The van der Waals surface area contributed by atoms with E-state index in [0.29, 0.717) is 18.2 Å². The van der Waals surface area contributed by atoms with E-state index in [1.165, 1.54) is 0 Å². The highest BCUT2D eigenvalue weighted by atomic mass is 16.3. The molecule has 0 aliphatic heterocycles. The van der Waals surface area contributed by atoms with Gasteiger partial charge in [0.2, 0.25) is 0 Å². The predicted octanol–water partition coefficient (Wildman–Crippen LogP) is 1.36. The summed E-state index contributed by atoms with van der Waals surface area (Å²) in [5.74, 6) is 0.261. The zero-order chi connectivity index (χ0) is 12.1. The maximum absolute atomic E-state index is 11.7. The molecule has 2 rings (SSSR count). The molecule has 2 atom stereocenters. The standard InChI is InChI=1S/C13H18N2O2/c16-11-5-3-4-10(8-11)9-15-13(17)12-6-1-2-7-14-12/h1-2,6-7,10-11,16H,3-5,8-9H2,(H,15,17). The molecule has 1 aliphatic carbocycles. The summed E-state index contributed by atoms with van der Waals surface area (Å²) < 4.78 is 0. The number of amides is 1. The SMILES string of the molecule is O=C(NCC1CCCC(O)C1)c1ccccn1. The molecule has 1 aliphatic rings. The van der Waals surface area contributed by atoms with Crippen LogP contribution < -0.4 is 5.32 Å². The molecule has 1 aromatic heterocycles. The van der Waals surface area contributed by atoms with Crippen molar-refractivity contribution in [3.05, 3.63) is 30.1 Å². The lowest BCUT2D eigenvalue weighted by molar-refractivity contribution is 0.0870. The van der Waals surface area contributed by atoms with E-state index in [-0.39, 0.29) is 12.0 Å². The Morgan fingerprint density at radius 2 is 2.35 bits per heavy atom. The number of hydrogen-bond donors (Lipinski definition) is 2. The first kappa shape index (κ1) is 12.0. The molecule has 1 heterocycles. The minimum Gasteiger partial charge on any atom is -0.393 e. The zero-order valence-electron chi connectivity index (χ0n) is 9.80. The van der Waals surface area contributed by atoms with E-state index in [2.05, 4.69) is 10.3 Å². The number of nitrogens with zero attached hydrogens (tertiary/aromatic N) is 1. The molecule has 2 N–H and O–H groups in total. The van der Waals surface area contributed by atoms with Crippen LogP contribution >= 0.6 is 0 Å². The highest BCUT2D eigenvalue weighted by Crippen LogP contribution is 2.23. The Hall–Kier alpha value is -1.42. The molecular formula is C13H18N2O2. The van der Waals surface area contributed by atoms with E-state index >= 15 is 0 Å². The molecule has 0 bridgehead atoms. The zero-order valence-corrected chi connectivity index (χ0v) is 9.80. The highest BCUT2D eigenvalue weighted by molar-refractivity contribution is 5.92. The second kappa shape index (κ2) is 5.77. The first-order valence-corrected chi connectivity index (χ1v) is 6.13. The molecule has 17 heavy (non-hydrogen) atoms. The van der Waals surface area contributed by atoms with Crippen molar-refractivity contribution in [1.29, 1.82) is 0 Å². The Kier molecular flexibility index (Phi) is 4.09. The molecule has 1 saturated carbocycles. The van der Waals surface area contributed by atoms with Crippen molar-refractivity contribution in [2.75, 3.05) is 6.54 Å². The molecule has 0 aromatic carbocycles. The molecule has 1 amide bonds. The van der Waals surface area contributed by atoms with E-state index in [9.17, 15) is 9.90 Å². The van der Waals surface area contributed by atoms with E-state index in [0.717, 1.165) is 25.7 Å². The third-order valence-electron chi connectivity index (χ3n) is 3.20. The number of aliphatic hydroxyl groups is 1. The Bertz CT molecular complexity index is 367. The monoisotopic (exact) mass is 234 g/mol. The lowest BCUT2D eigenvalue weighted by Gasteiger charge is -2.25. The van der Waals surface area contributed by atoms with Gasteiger partial charge in [0.05, 0.1) is 6.10 Å². The smallest absolute Gasteiger partial charge is 0.269 e. The molecule has 2 unspecified atom stereocenters. The Morgan fingerprint density at radius 3 is 3.06 bits per heavy atom. The molecule has 92 valence electrons. The van der Waals surface area contributed by atoms with Crippen molar-refractivity contribution in [2.24, 2.45) is 5.92 Å². The minimum absolute atomic E-state index is 0.134. The number of pyridine rings is 1. The number of aromatic nitrogens is 1. The fourth-order valence-electron chi connectivity index (χ4n) is 2.27. The molecule has 0 radical (unpaired) electrons. The van der Waals surface area contributed by atoms with Crippen LogP contribution in [-0.2, 0) is 0 Å². The number of hydrogen-bond acceptors (Lipinski definition) is 3. The van der Waals surface area contributed by atoms with Crippen LogP contribution in [0.4, 0.5) is 0 Å². The van der Waals surface area contributed by atoms with Crippen molar-refractivity contribution >= 4 is 5.91 Å². The summed E-state index contributed by atoms with van der Waals surface area (Å²) in [6.07, 6.45) is 5.23. The number of nitrogens with one attached hydrogen (secondary N) is 1. The quantitative estimate of drug-likeness (QED) is 0.830. The van der Waals surface area contributed by atoms with Crippen molar-refractivity contribution in [3.8, 4) is 0 Å². The second-order valence-electron chi connectivity index (χ2n) is 4.61. The Balaban J connectivity index is 1.80. The van der Waals surface area contributed by atoms with Gasteiger partial charge in [0, 0.05) is 12.7 Å². The highest BCUT2D eigenvalue weighted by Gasteiger charge is 2.20. The minimum atomic E-state index is -0.194. The van der Waals surface area contributed by atoms with Crippen molar-refractivity contribution in [2.45, 2.75) is 31.8 Å². The van der Waals surface area contributed by atoms with Crippen LogP contribution in [0.15, 0.2) is 24.4 Å². The predicted molar refractivity (Wildman–Crippen MR) is 64.5 cm³/mol. The van der Waals surface area contributed by atoms with E-state index in [1.807, 2.05) is 0 Å². The van der Waals surface area contributed by atoms with Gasteiger partial charge in [-0.05, 0) is 37.3 Å². The summed E-state index contributed by atoms with van der Waals surface area (Å²) >= 11 is 0. The van der Waals surface area contributed by atoms with Gasteiger partial charge in [0.25, 0.3) is 5.91 Å². The summed E-state index contributed by atoms with van der Waals surface area (Å²) in [5, 5.41) is 12.4. The fourth-order valence-corrected chi connectivity index (χ4v) is 2.27. The largest absolute Gasteiger partial charge is 0.393 e. The normalized spacial score (nSPS) is 24.3. The number of rotatable bonds is 3. The lowest BCUT2D eigenvalue weighted by atomic mass is 9.87. The van der Waals surface area contributed by atoms with Gasteiger partial charge in [-0.3, -0.25) is 9.78 Å². The van der Waals surface area contributed by atoms with Gasteiger partial charge >= 0.3 is 0 Å². The third-order valence-corrected chi connectivity index (χ3v) is 3.20. The number of carbonyl (C=O) groups is 1. The number of aliphatic hydroxyl groups excluding tert-OH is 1. The Labute approximate surface area is 101 Å². The van der Waals surface area contributed by atoms with Crippen LogP contribution in [0.1, 0.15) is 36.2 Å². The fraction of sp³-hybridized carbons (Fsp3) is 0.538. The molecule has 4 heteroatoms. The van der Waals surface area contributed by atoms with Gasteiger partial charge in [-0.15, -0.1) is 0 Å². The second-order valence-corrected chi connectivity index (χ2v) is 4.61. The Morgan fingerprint density at radius 1 is 1.47 bits per heavy atom. The van der Waals surface area contributed by atoms with E-state index in [1.54, 1.807) is 24.4 Å². The first-order valence-electron chi connectivity index (χ1n) is 6.13. The molecular weight excluding hydrogens is 216 g/mol. The van der Waals surface area contributed by atoms with E-state index < -0.39 is 0 Å². The maximum atomic E-state index is 11.7. The molecule has 0 spiro atoms. The van der Waals surface area contributed by atoms with Gasteiger partial charge in [0.15, 0.2) is 0 Å². The summed E-state index contributed by atoms with van der Waals surface area (Å²) in [6.45, 7) is 0.631. The van der Waals surface area contributed by atoms with Crippen LogP contribution in [0, 0.1) is 5.92 Å². The molecule has 1 fully saturated rings. The van der Waals surface area contributed by atoms with Crippen LogP contribution in [-0.4, -0.2) is 28.6 Å². The topological polar surface area (TPSA) is 62.2 Å². The van der Waals surface area contributed by atoms with Gasteiger partial charge in [-0.2, -0.15) is 0 Å². The van der Waals surface area contributed by atoms with Gasteiger partial charge in [0.1, 0.15) is 5.69 Å². The average Bonchev–Trinajstić information content (AvgIpc) is 2.37. The van der Waals surface area contributed by atoms with Crippen LogP contribution in [0.25, 0.3) is 0 Å². The third kappa shape index (κ3) is 3.53. The summed E-state index contributed by atoms with van der Waals surface area (Å²) in [7, 11) is 0. The van der Waals surface area contributed by atoms with Crippen molar-refractivity contribution in [3.63, 3.8) is 0 Å². The van der Waals surface area contributed by atoms with Gasteiger partial charge in [-0.1, -0.05) is 12.5 Å². The van der Waals surface area contributed by atoms with Gasteiger partial charge < -0.3 is 10.4 Å². The van der Waals surface area contributed by atoms with Crippen LogP contribution in [0.5, 0.6) is 0 Å². The molecule has 4 nitrogen and oxygen atoms in total. The number of carbonyl (C=O) groups excluding carboxylic acids is 1. The first-order chi connectivity index (χ1) is 8.25. The maximum Gasteiger partial charge on any atom is 0.269 e. The summed E-state index contributed by atoms with van der Waals surface area (Å²) in [6, 6.07) is 5.28. The van der Waals surface area contributed by atoms with Crippen LogP contribution in [0.2, 0.25) is 0 Å². The summed E-state index contributed by atoms with van der Waals surface area (Å²) in [5.41, 5.74) is 0.448. The molecule has 0 saturated heterocycles. The lowest BCUT2D eigenvalue weighted by Crippen LogP contribution is -2.33. The van der Waals surface area contributed by atoms with Crippen molar-refractivity contribution in [1.82, 2.24) is 10.3 Å². The van der Waals surface area contributed by atoms with E-state index in [4.69, 9.17) is 0 Å². The van der Waals surface area contributed by atoms with Crippen LogP contribution in [0.3, 0.4) is 0 Å².